The second kappa shape index (κ2) is 8.39. The van der Waals surface area contributed by atoms with Crippen LogP contribution in [-0.2, 0) is 17.3 Å². The minimum Gasteiger partial charge on any atom is -0.502 e. The van der Waals surface area contributed by atoms with Crippen molar-refractivity contribution in [3.8, 4) is 17.2 Å². The van der Waals surface area contributed by atoms with Gasteiger partial charge in [-0.3, -0.25) is 4.21 Å². The number of urea groups is 1. The van der Waals surface area contributed by atoms with Gasteiger partial charge in [-0.1, -0.05) is 6.07 Å². The number of rotatable bonds is 6. The maximum atomic E-state index is 12.0. The van der Waals surface area contributed by atoms with Crippen LogP contribution in [-0.4, -0.2) is 35.8 Å². The maximum Gasteiger partial charge on any atom is 0.319 e. The Morgan fingerprint density at radius 3 is 2.36 bits per heavy atom. The topological polar surface area (TPSA) is 96.9 Å². The molecule has 0 radical (unpaired) electrons. The molecule has 2 aromatic rings. The number of carbonyl (C=O) groups excluding carboxylic acids is 1. The zero-order chi connectivity index (χ0) is 18.4. The number of aromatic hydroxyl groups is 1. The van der Waals surface area contributed by atoms with E-state index in [9.17, 15) is 14.1 Å². The van der Waals surface area contributed by atoms with Crippen LogP contribution in [0, 0.1) is 0 Å². The molecule has 0 saturated heterocycles. The monoisotopic (exact) mass is 364 g/mol. The van der Waals surface area contributed by atoms with Crippen molar-refractivity contribution in [2.75, 3.05) is 25.8 Å². The van der Waals surface area contributed by atoms with Crippen LogP contribution in [0.4, 0.5) is 10.5 Å². The minimum absolute atomic E-state index is 0.0948. The summed E-state index contributed by atoms with van der Waals surface area (Å²) in [5.41, 5.74) is 1.25. The Morgan fingerprint density at radius 1 is 1.16 bits per heavy atom. The van der Waals surface area contributed by atoms with E-state index in [2.05, 4.69) is 10.6 Å². The lowest BCUT2D eigenvalue weighted by molar-refractivity contribution is 0.251. The molecular formula is C17H20N2O5S. The Bertz CT molecular complexity index is 769. The molecule has 0 spiro atoms. The van der Waals surface area contributed by atoms with Crippen LogP contribution < -0.4 is 20.1 Å². The summed E-state index contributed by atoms with van der Waals surface area (Å²) in [6.45, 7) is 0.207. The summed E-state index contributed by atoms with van der Waals surface area (Å²) >= 11 is 0. The highest BCUT2D eigenvalue weighted by atomic mass is 32.2. The minimum atomic E-state index is -1.12. The summed E-state index contributed by atoms with van der Waals surface area (Å²) < 4.78 is 21.6. The van der Waals surface area contributed by atoms with Crippen LogP contribution in [0.3, 0.4) is 0 Å². The van der Waals surface area contributed by atoms with E-state index in [1.54, 1.807) is 42.7 Å². The van der Waals surface area contributed by atoms with E-state index in [-0.39, 0.29) is 23.8 Å². The first-order valence-electron chi connectivity index (χ1n) is 7.36. The van der Waals surface area contributed by atoms with Crippen LogP contribution >= 0.6 is 0 Å². The second-order valence-corrected chi connectivity index (χ2v) is 6.52. The highest BCUT2D eigenvalue weighted by Crippen LogP contribution is 2.36. The number of nitrogens with one attached hydrogen (secondary N) is 2. The van der Waals surface area contributed by atoms with Gasteiger partial charge in [-0.05, 0) is 35.9 Å². The number of methoxy groups -OCH3 is 2. The van der Waals surface area contributed by atoms with Crippen LogP contribution in [0.5, 0.6) is 17.2 Å². The van der Waals surface area contributed by atoms with Gasteiger partial charge in [-0.2, -0.15) is 0 Å². The molecule has 0 saturated carbocycles. The Hall–Kier alpha value is -2.74. The summed E-state index contributed by atoms with van der Waals surface area (Å²) in [5.74, 6) is 0.423. The third-order valence-electron chi connectivity index (χ3n) is 3.42. The average molecular weight is 364 g/mol. The molecule has 0 aliphatic heterocycles. The van der Waals surface area contributed by atoms with Crippen molar-refractivity contribution in [1.29, 1.82) is 0 Å². The number of ether oxygens (including phenoxy) is 2. The lowest BCUT2D eigenvalue weighted by Gasteiger charge is -2.12. The second-order valence-electron chi connectivity index (χ2n) is 5.14. The first-order valence-corrected chi connectivity index (χ1v) is 8.92. The lowest BCUT2D eigenvalue weighted by atomic mass is 10.2. The number of hydrogen-bond acceptors (Lipinski definition) is 5. The summed E-state index contributed by atoms with van der Waals surface area (Å²) in [5, 5.41) is 15.3. The molecule has 0 fully saturated rings. The summed E-state index contributed by atoms with van der Waals surface area (Å²) in [7, 11) is 1.75. The van der Waals surface area contributed by atoms with Gasteiger partial charge in [0.25, 0.3) is 0 Å². The van der Waals surface area contributed by atoms with Crippen LogP contribution in [0.25, 0.3) is 0 Å². The summed E-state index contributed by atoms with van der Waals surface area (Å²) in [6, 6.07) is 9.63. The van der Waals surface area contributed by atoms with E-state index < -0.39 is 16.8 Å². The van der Waals surface area contributed by atoms with Crippen LogP contribution in [0.15, 0.2) is 41.3 Å². The fourth-order valence-electron chi connectivity index (χ4n) is 2.16. The Labute approximate surface area is 148 Å². The van der Waals surface area contributed by atoms with E-state index >= 15 is 0 Å². The van der Waals surface area contributed by atoms with Gasteiger partial charge in [0, 0.05) is 34.2 Å². The predicted molar refractivity (Wildman–Crippen MR) is 95.8 cm³/mol. The number of phenolic OH excluding ortho intramolecular Hbond substituents is 1. The van der Waals surface area contributed by atoms with Crippen molar-refractivity contribution in [3.63, 3.8) is 0 Å². The fraction of sp³-hybridized carbons (Fsp3) is 0.235. The van der Waals surface area contributed by atoms with Crippen molar-refractivity contribution in [2.45, 2.75) is 11.4 Å². The first kappa shape index (κ1) is 18.6. The molecule has 3 N–H and O–H groups in total. The van der Waals surface area contributed by atoms with Gasteiger partial charge in [0.1, 0.15) is 0 Å². The van der Waals surface area contributed by atoms with Crippen molar-refractivity contribution >= 4 is 22.5 Å². The molecule has 2 aromatic carbocycles. The number of hydrogen-bond donors (Lipinski definition) is 3. The van der Waals surface area contributed by atoms with Gasteiger partial charge in [-0.25, -0.2) is 4.79 Å². The van der Waals surface area contributed by atoms with Crippen molar-refractivity contribution < 1.29 is 23.6 Å². The summed E-state index contributed by atoms with van der Waals surface area (Å²) in [6.07, 6.45) is 1.57. The molecule has 0 aromatic heterocycles. The molecule has 0 aliphatic carbocycles. The number of benzene rings is 2. The van der Waals surface area contributed by atoms with E-state index in [0.717, 1.165) is 0 Å². The van der Waals surface area contributed by atoms with E-state index in [4.69, 9.17) is 9.47 Å². The number of amides is 2. The van der Waals surface area contributed by atoms with Gasteiger partial charge in [0.2, 0.25) is 5.75 Å². The van der Waals surface area contributed by atoms with Crippen molar-refractivity contribution in [1.82, 2.24) is 5.32 Å². The third-order valence-corrected chi connectivity index (χ3v) is 4.33. The molecule has 1 unspecified atom stereocenters. The molecule has 0 aliphatic rings. The van der Waals surface area contributed by atoms with Gasteiger partial charge in [0.15, 0.2) is 11.5 Å². The maximum absolute atomic E-state index is 12.0. The highest BCUT2D eigenvalue weighted by Gasteiger charge is 2.12. The van der Waals surface area contributed by atoms with Crippen LogP contribution in [0.2, 0.25) is 0 Å². The zero-order valence-corrected chi connectivity index (χ0v) is 15.0. The van der Waals surface area contributed by atoms with Crippen molar-refractivity contribution in [3.05, 3.63) is 42.0 Å². The molecule has 2 rings (SSSR count). The Kier molecular flexibility index (Phi) is 6.24. The molecular weight excluding hydrogens is 344 g/mol. The quantitative estimate of drug-likeness (QED) is 0.732. The highest BCUT2D eigenvalue weighted by molar-refractivity contribution is 7.84. The van der Waals surface area contributed by atoms with E-state index in [1.807, 2.05) is 0 Å². The average Bonchev–Trinajstić information content (AvgIpc) is 2.61. The molecule has 2 amide bonds. The molecule has 0 heterocycles. The fourth-order valence-corrected chi connectivity index (χ4v) is 2.72. The molecule has 0 bridgehead atoms. The molecule has 7 nitrogen and oxygen atoms in total. The molecule has 134 valence electrons. The van der Waals surface area contributed by atoms with Crippen LogP contribution in [0.1, 0.15) is 5.56 Å². The Balaban J connectivity index is 2.03. The van der Waals surface area contributed by atoms with E-state index in [0.29, 0.717) is 16.1 Å². The smallest absolute Gasteiger partial charge is 0.319 e. The standard InChI is InChI=1S/C17H20N2O5S/c1-23-14-7-11(8-15(24-2)16(14)20)10-18-17(21)19-12-5-4-6-13(9-12)25(3)22/h4-9,20H,10H2,1-3H3,(H2,18,19,21). The van der Waals surface area contributed by atoms with Gasteiger partial charge in [-0.15, -0.1) is 0 Å². The molecule has 8 heteroatoms. The molecule has 1 atom stereocenters. The van der Waals surface area contributed by atoms with Gasteiger partial charge < -0.3 is 25.2 Å². The first-order chi connectivity index (χ1) is 11.9. The number of carbonyl (C=O) groups is 1. The molecule has 25 heavy (non-hydrogen) atoms. The lowest BCUT2D eigenvalue weighted by Crippen LogP contribution is -2.28. The SMILES string of the molecule is COc1cc(CNC(=O)Nc2cccc(S(C)=O)c2)cc(OC)c1O. The normalized spacial score (nSPS) is 11.5. The largest absolute Gasteiger partial charge is 0.502 e. The van der Waals surface area contributed by atoms with E-state index in [1.165, 1.54) is 14.2 Å². The zero-order valence-electron chi connectivity index (χ0n) is 14.2. The number of phenols is 1. The Morgan fingerprint density at radius 2 is 1.80 bits per heavy atom. The van der Waals surface area contributed by atoms with Crippen molar-refractivity contribution in [2.24, 2.45) is 0 Å². The van der Waals surface area contributed by atoms with Gasteiger partial charge >= 0.3 is 6.03 Å². The summed E-state index contributed by atoms with van der Waals surface area (Å²) in [4.78, 5) is 12.7. The number of anilines is 1. The van der Waals surface area contributed by atoms with Gasteiger partial charge in [0.05, 0.1) is 14.2 Å². The third kappa shape index (κ3) is 4.87. The predicted octanol–water partition coefficient (Wildman–Crippen LogP) is 2.47.